The van der Waals surface area contributed by atoms with Crippen molar-refractivity contribution in [1.29, 1.82) is 10.5 Å². The molecule has 0 saturated heterocycles. The standard InChI is InChI=1S/C28H24ClN3O3/c1-3-34-26-15-20(13-24(17-31)28(33)32-19(2)21-9-5-4-6-10-21)14-25(29)27(26)35-18-23-12-8-7-11-22(23)16-30/h4-15,19H,3,18H2,1-2H3,(H,32,33)/b24-13-/t19-/m1/s1. The fourth-order valence-electron chi connectivity index (χ4n) is 3.39. The lowest BCUT2D eigenvalue weighted by atomic mass is 10.1. The second-order valence-corrected chi connectivity index (χ2v) is 8.00. The third kappa shape index (κ3) is 6.63. The molecule has 6 nitrogen and oxygen atoms in total. The van der Waals surface area contributed by atoms with Gasteiger partial charge in [-0.2, -0.15) is 10.5 Å². The second-order valence-electron chi connectivity index (χ2n) is 7.60. The van der Waals surface area contributed by atoms with Gasteiger partial charge >= 0.3 is 0 Å². The van der Waals surface area contributed by atoms with E-state index < -0.39 is 5.91 Å². The first kappa shape index (κ1) is 25.4. The van der Waals surface area contributed by atoms with Crippen molar-refractivity contribution < 1.29 is 14.3 Å². The number of hydrogen-bond acceptors (Lipinski definition) is 5. The lowest BCUT2D eigenvalue weighted by Crippen LogP contribution is -2.27. The Morgan fingerprint density at radius 2 is 1.80 bits per heavy atom. The molecule has 0 heterocycles. The summed E-state index contributed by atoms with van der Waals surface area (Å²) in [4.78, 5) is 12.7. The van der Waals surface area contributed by atoms with E-state index in [1.807, 2.05) is 56.3 Å². The summed E-state index contributed by atoms with van der Waals surface area (Å²) in [5.41, 5.74) is 2.61. The number of amides is 1. The molecule has 0 radical (unpaired) electrons. The topological polar surface area (TPSA) is 95.1 Å². The highest BCUT2D eigenvalue weighted by atomic mass is 35.5. The third-order valence-electron chi connectivity index (χ3n) is 5.16. The van der Waals surface area contributed by atoms with Gasteiger partial charge in [-0.3, -0.25) is 4.79 Å². The SMILES string of the molecule is CCOc1cc(/C=C(/C#N)C(=O)N[C@H](C)c2ccccc2)cc(Cl)c1OCc1ccccc1C#N. The van der Waals surface area contributed by atoms with Crippen molar-refractivity contribution >= 4 is 23.6 Å². The molecule has 0 aliphatic heterocycles. The molecule has 7 heteroatoms. The molecule has 0 aromatic heterocycles. The van der Waals surface area contributed by atoms with Gasteiger partial charge < -0.3 is 14.8 Å². The van der Waals surface area contributed by atoms with Gasteiger partial charge in [0.2, 0.25) is 0 Å². The van der Waals surface area contributed by atoms with Gasteiger partial charge in [-0.15, -0.1) is 0 Å². The molecule has 1 atom stereocenters. The molecule has 0 fully saturated rings. The average molecular weight is 486 g/mol. The number of ether oxygens (including phenoxy) is 2. The van der Waals surface area contributed by atoms with Crippen LogP contribution in [0.15, 0.2) is 72.3 Å². The van der Waals surface area contributed by atoms with Crippen molar-refractivity contribution in [1.82, 2.24) is 5.32 Å². The van der Waals surface area contributed by atoms with Crippen molar-refractivity contribution in [2.75, 3.05) is 6.61 Å². The van der Waals surface area contributed by atoms with Gasteiger partial charge in [0.15, 0.2) is 11.5 Å². The number of nitrogens with zero attached hydrogens (tertiary/aromatic N) is 2. The van der Waals surface area contributed by atoms with Gasteiger partial charge in [-0.25, -0.2) is 0 Å². The summed E-state index contributed by atoms with van der Waals surface area (Å²) in [7, 11) is 0. The van der Waals surface area contributed by atoms with Crippen LogP contribution >= 0.6 is 11.6 Å². The van der Waals surface area contributed by atoms with Gasteiger partial charge in [0, 0.05) is 5.56 Å². The van der Waals surface area contributed by atoms with Crippen LogP contribution in [0, 0.1) is 22.7 Å². The molecule has 0 aliphatic carbocycles. The maximum atomic E-state index is 12.7. The first-order chi connectivity index (χ1) is 17.0. The maximum absolute atomic E-state index is 12.7. The van der Waals surface area contributed by atoms with Gasteiger partial charge in [-0.05, 0) is 49.2 Å². The van der Waals surface area contributed by atoms with Crippen LogP contribution in [-0.4, -0.2) is 12.5 Å². The molecule has 3 aromatic carbocycles. The van der Waals surface area contributed by atoms with Crippen LogP contribution in [0.3, 0.4) is 0 Å². The number of rotatable bonds is 9. The van der Waals surface area contributed by atoms with Crippen LogP contribution in [0.4, 0.5) is 0 Å². The minimum absolute atomic E-state index is 0.0667. The Kier molecular flexibility index (Phi) is 8.89. The molecule has 0 spiro atoms. The monoisotopic (exact) mass is 485 g/mol. The predicted octanol–water partition coefficient (Wildman–Crippen LogP) is 5.97. The second kappa shape index (κ2) is 12.3. The molecule has 3 rings (SSSR count). The van der Waals surface area contributed by atoms with Crippen LogP contribution in [0.1, 0.15) is 42.1 Å². The van der Waals surface area contributed by atoms with Gasteiger partial charge in [0.25, 0.3) is 5.91 Å². The summed E-state index contributed by atoms with van der Waals surface area (Å²) < 4.78 is 11.6. The number of halogens is 1. The molecule has 0 aliphatic rings. The highest BCUT2D eigenvalue weighted by Crippen LogP contribution is 2.38. The molecule has 0 bridgehead atoms. The zero-order valence-corrected chi connectivity index (χ0v) is 20.2. The summed E-state index contributed by atoms with van der Waals surface area (Å²) in [5, 5.41) is 22.0. The highest BCUT2D eigenvalue weighted by Gasteiger charge is 2.17. The Bertz CT molecular complexity index is 1310. The fourth-order valence-corrected chi connectivity index (χ4v) is 3.67. The molecule has 35 heavy (non-hydrogen) atoms. The largest absolute Gasteiger partial charge is 0.490 e. The number of benzene rings is 3. The summed E-state index contributed by atoms with van der Waals surface area (Å²) in [5.74, 6) is 0.196. The van der Waals surface area contributed by atoms with E-state index in [9.17, 15) is 15.3 Å². The van der Waals surface area contributed by atoms with Crippen LogP contribution in [0.5, 0.6) is 11.5 Å². The summed E-state index contributed by atoms with van der Waals surface area (Å²) in [6.45, 7) is 4.16. The average Bonchev–Trinajstić information content (AvgIpc) is 2.87. The molecule has 0 unspecified atom stereocenters. The van der Waals surface area contributed by atoms with Crippen LogP contribution in [0.25, 0.3) is 6.08 Å². The van der Waals surface area contributed by atoms with E-state index in [0.29, 0.717) is 34.8 Å². The van der Waals surface area contributed by atoms with E-state index in [4.69, 9.17) is 21.1 Å². The summed E-state index contributed by atoms with van der Waals surface area (Å²) >= 11 is 6.50. The highest BCUT2D eigenvalue weighted by molar-refractivity contribution is 6.32. The molecular weight excluding hydrogens is 462 g/mol. The van der Waals surface area contributed by atoms with E-state index in [1.165, 1.54) is 6.08 Å². The van der Waals surface area contributed by atoms with Crippen LogP contribution in [0.2, 0.25) is 5.02 Å². The number of carbonyl (C=O) groups is 1. The minimum atomic E-state index is -0.494. The number of carbonyl (C=O) groups excluding carboxylic acids is 1. The van der Waals surface area contributed by atoms with E-state index in [-0.39, 0.29) is 23.2 Å². The predicted molar refractivity (Wildman–Crippen MR) is 135 cm³/mol. The third-order valence-corrected chi connectivity index (χ3v) is 5.45. The van der Waals surface area contributed by atoms with Gasteiger partial charge in [0.05, 0.1) is 29.3 Å². The van der Waals surface area contributed by atoms with E-state index in [2.05, 4.69) is 11.4 Å². The number of hydrogen-bond donors (Lipinski definition) is 1. The Balaban J connectivity index is 1.84. The smallest absolute Gasteiger partial charge is 0.262 e. The van der Waals surface area contributed by atoms with Crippen LogP contribution in [-0.2, 0) is 11.4 Å². The lowest BCUT2D eigenvalue weighted by molar-refractivity contribution is -0.117. The Morgan fingerprint density at radius 1 is 1.09 bits per heavy atom. The van der Waals surface area contributed by atoms with E-state index >= 15 is 0 Å². The first-order valence-corrected chi connectivity index (χ1v) is 11.4. The summed E-state index contributed by atoms with van der Waals surface area (Å²) in [6.07, 6.45) is 1.45. The summed E-state index contributed by atoms with van der Waals surface area (Å²) in [6, 6.07) is 23.7. The van der Waals surface area contributed by atoms with E-state index in [0.717, 1.165) is 5.56 Å². The van der Waals surface area contributed by atoms with Crippen molar-refractivity contribution in [3.63, 3.8) is 0 Å². The molecule has 0 saturated carbocycles. The van der Waals surface area contributed by atoms with Crippen LogP contribution < -0.4 is 14.8 Å². The zero-order valence-electron chi connectivity index (χ0n) is 19.4. The fraction of sp³-hybridized carbons (Fsp3) is 0.179. The first-order valence-electron chi connectivity index (χ1n) is 11.0. The van der Waals surface area contributed by atoms with E-state index in [1.54, 1.807) is 30.3 Å². The van der Waals surface area contributed by atoms with Gasteiger partial charge in [-0.1, -0.05) is 60.1 Å². The molecule has 1 N–H and O–H groups in total. The lowest BCUT2D eigenvalue weighted by Gasteiger charge is -2.16. The Hall–Kier alpha value is -4.26. The molecule has 176 valence electrons. The molecule has 1 amide bonds. The van der Waals surface area contributed by atoms with Gasteiger partial charge in [0.1, 0.15) is 18.2 Å². The normalized spacial score (nSPS) is 11.6. The Labute approximate surface area is 210 Å². The molecular formula is C28H24ClN3O3. The number of nitrogens with one attached hydrogen (secondary N) is 1. The van der Waals surface area contributed by atoms with Crippen molar-refractivity contribution in [2.45, 2.75) is 26.5 Å². The Morgan fingerprint density at radius 3 is 2.49 bits per heavy atom. The molecule has 3 aromatic rings. The van der Waals surface area contributed by atoms with Crippen molar-refractivity contribution in [2.24, 2.45) is 0 Å². The maximum Gasteiger partial charge on any atom is 0.262 e. The minimum Gasteiger partial charge on any atom is -0.490 e. The number of nitriles is 2. The quantitative estimate of drug-likeness (QED) is 0.297. The van der Waals surface area contributed by atoms with Crippen molar-refractivity contribution in [3.8, 4) is 23.6 Å². The van der Waals surface area contributed by atoms with Crippen molar-refractivity contribution in [3.05, 3.63) is 99.6 Å². The zero-order chi connectivity index (χ0) is 25.2.